The molecule has 0 aromatic heterocycles. The lowest BCUT2D eigenvalue weighted by atomic mass is 9.76. The van der Waals surface area contributed by atoms with Crippen LogP contribution in [-0.4, -0.2) is 35.7 Å². The van der Waals surface area contributed by atoms with Crippen molar-refractivity contribution in [2.45, 2.75) is 62.1 Å². The molecule has 1 spiro atoms. The Morgan fingerprint density at radius 3 is 2.53 bits per heavy atom. The number of hydrogen-bond donors (Lipinski definition) is 1. The monoisotopic (exact) mass is 405 g/mol. The molecule has 0 amide bonds. The van der Waals surface area contributed by atoms with Gasteiger partial charge in [-0.05, 0) is 59.6 Å². The SMILES string of the molecule is N[C@H]1C[C@@]2(CN=C(N3CCc4cc(C5CCC5)ccc4[C@@H]3c3ccc(F)cc3)O2)C1. The Balaban J connectivity index is 1.36. The van der Waals surface area contributed by atoms with Gasteiger partial charge in [0.25, 0.3) is 6.02 Å². The smallest absolute Gasteiger partial charge is 0.288 e. The Hall–Kier alpha value is -2.40. The minimum absolute atomic E-state index is 0.00700. The van der Waals surface area contributed by atoms with Gasteiger partial charge in [0.2, 0.25) is 0 Å². The second-order valence-corrected chi connectivity index (χ2v) is 9.54. The standard InChI is InChI=1S/C25H28FN3O/c26-20-7-4-17(5-8-20)23-22-9-6-18(16-2-1-3-16)12-19(22)10-11-29(23)24-28-15-25(30-24)13-21(27)14-25/h4-9,12,16,21,23H,1-3,10-11,13-15,27H2/t21-,23-,25-/m0/s1. The summed E-state index contributed by atoms with van der Waals surface area (Å²) in [4.78, 5) is 7.07. The molecule has 1 atom stereocenters. The van der Waals surface area contributed by atoms with Crippen LogP contribution in [0.3, 0.4) is 0 Å². The number of hydrogen-bond acceptors (Lipinski definition) is 4. The average Bonchev–Trinajstić information content (AvgIpc) is 3.11. The molecule has 4 aliphatic rings. The molecule has 156 valence electrons. The fraction of sp³-hybridized carbons (Fsp3) is 0.480. The zero-order valence-corrected chi connectivity index (χ0v) is 17.2. The highest BCUT2D eigenvalue weighted by Crippen LogP contribution is 2.44. The molecule has 30 heavy (non-hydrogen) atoms. The van der Waals surface area contributed by atoms with Crippen LogP contribution < -0.4 is 5.73 Å². The normalized spacial score (nSPS) is 30.3. The molecule has 6 rings (SSSR count). The van der Waals surface area contributed by atoms with E-state index in [0.717, 1.165) is 43.3 Å². The van der Waals surface area contributed by atoms with E-state index in [-0.39, 0.29) is 23.5 Å². The van der Waals surface area contributed by atoms with Crippen molar-refractivity contribution in [1.82, 2.24) is 4.90 Å². The van der Waals surface area contributed by atoms with Crippen molar-refractivity contribution in [2.24, 2.45) is 10.7 Å². The maximum absolute atomic E-state index is 13.7. The molecule has 2 aromatic carbocycles. The van der Waals surface area contributed by atoms with E-state index in [9.17, 15) is 4.39 Å². The second-order valence-electron chi connectivity index (χ2n) is 9.54. The van der Waals surface area contributed by atoms with Gasteiger partial charge in [-0.25, -0.2) is 9.38 Å². The molecule has 4 nitrogen and oxygen atoms in total. The van der Waals surface area contributed by atoms with E-state index in [1.807, 2.05) is 12.1 Å². The molecule has 0 bridgehead atoms. The maximum Gasteiger partial charge on any atom is 0.288 e. The van der Waals surface area contributed by atoms with Gasteiger partial charge in [-0.2, -0.15) is 0 Å². The zero-order valence-electron chi connectivity index (χ0n) is 17.2. The van der Waals surface area contributed by atoms with Crippen molar-refractivity contribution in [3.63, 3.8) is 0 Å². The summed E-state index contributed by atoms with van der Waals surface area (Å²) in [5.41, 5.74) is 11.1. The van der Waals surface area contributed by atoms with Crippen LogP contribution in [0, 0.1) is 5.82 Å². The molecule has 2 heterocycles. The Labute approximate surface area is 176 Å². The Morgan fingerprint density at radius 2 is 1.83 bits per heavy atom. The summed E-state index contributed by atoms with van der Waals surface area (Å²) in [6.07, 6.45) is 6.67. The van der Waals surface area contributed by atoms with Crippen LogP contribution in [0.5, 0.6) is 0 Å². The molecule has 2 aliphatic heterocycles. The van der Waals surface area contributed by atoms with Crippen molar-refractivity contribution in [2.75, 3.05) is 13.1 Å². The van der Waals surface area contributed by atoms with E-state index in [2.05, 4.69) is 23.1 Å². The van der Waals surface area contributed by atoms with Gasteiger partial charge in [-0.15, -0.1) is 0 Å². The average molecular weight is 406 g/mol. The third-order valence-corrected chi connectivity index (χ3v) is 7.48. The summed E-state index contributed by atoms with van der Waals surface area (Å²) in [5, 5.41) is 0. The highest BCUT2D eigenvalue weighted by Gasteiger charge is 2.50. The van der Waals surface area contributed by atoms with Gasteiger partial charge in [0.05, 0.1) is 12.6 Å². The summed E-state index contributed by atoms with van der Waals surface area (Å²) in [7, 11) is 0. The quantitative estimate of drug-likeness (QED) is 0.811. The molecule has 0 unspecified atom stereocenters. The molecule has 2 saturated carbocycles. The van der Waals surface area contributed by atoms with Crippen LogP contribution in [0.25, 0.3) is 0 Å². The minimum Gasteiger partial charge on any atom is -0.456 e. The first kappa shape index (κ1) is 18.4. The van der Waals surface area contributed by atoms with Crippen LogP contribution in [0.2, 0.25) is 0 Å². The van der Waals surface area contributed by atoms with E-state index in [4.69, 9.17) is 15.5 Å². The molecule has 0 saturated heterocycles. The Kier molecular flexibility index (Phi) is 4.17. The van der Waals surface area contributed by atoms with Crippen LogP contribution in [0.15, 0.2) is 47.5 Å². The van der Waals surface area contributed by atoms with Crippen molar-refractivity contribution in [3.8, 4) is 0 Å². The Morgan fingerprint density at radius 1 is 1.07 bits per heavy atom. The summed E-state index contributed by atoms with van der Waals surface area (Å²) >= 11 is 0. The second kappa shape index (κ2) is 6.81. The van der Waals surface area contributed by atoms with Crippen molar-refractivity contribution in [1.29, 1.82) is 0 Å². The van der Waals surface area contributed by atoms with Crippen molar-refractivity contribution in [3.05, 3.63) is 70.5 Å². The van der Waals surface area contributed by atoms with Gasteiger partial charge in [0.1, 0.15) is 11.4 Å². The molecular weight excluding hydrogens is 377 g/mol. The third kappa shape index (κ3) is 2.94. The number of benzene rings is 2. The number of rotatable bonds is 2. The number of nitrogens with two attached hydrogens (primary N) is 1. The summed E-state index contributed by atoms with van der Waals surface area (Å²) in [6.45, 7) is 1.54. The molecule has 2 N–H and O–H groups in total. The number of halogens is 1. The van der Waals surface area contributed by atoms with Gasteiger partial charge >= 0.3 is 0 Å². The van der Waals surface area contributed by atoms with Crippen LogP contribution in [0.1, 0.15) is 66.3 Å². The fourth-order valence-electron chi connectivity index (χ4n) is 5.58. The van der Waals surface area contributed by atoms with Crippen LogP contribution in [0.4, 0.5) is 4.39 Å². The maximum atomic E-state index is 13.7. The fourth-order valence-corrected chi connectivity index (χ4v) is 5.58. The number of fused-ring (bicyclic) bond motifs is 1. The predicted molar refractivity (Wildman–Crippen MR) is 115 cm³/mol. The third-order valence-electron chi connectivity index (χ3n) is 7.48. The lowest BCUT2D eigenvalue weighted by molar-refractivity contribution is -0.0196. The molecule has 0 radical (unpaired) electrons. The number of ether oxygens (including phenoxy) is 1. The van der Waals surface area contributed by atoms with E-state index in [0.29, 0.717) is 6.54 Å². The highest BCUT2D eigenvalue weighted by atomic mass is 19.1. The molecular formula is C25H28FN3O. The first-order valence-electron chi connectivity index (χ1n) is 11.2. The summed E-state index contributed by atoms with van der Waals surface area (Å²) in [6, 6.07) is 14.8. The zero-order chi connectivity index (χ0) is 20.3. The van der Waals surface area contributed by atoms with Gasteiger partial charge in [0.15, 0.2) is 0 Å². The minimum atomic E-state index is -0.210. The van der Waals surface area contributed by atoms with Gasteiger partial charge < -0.3 is 15.4 Å². The van der Waals surface area contributed by atoms with Gasteiger partial charge in [0, 0.05) is 25.4 Å². The van der Waals surface area contributed by atoms with Crippen LogP contribution in [-0.2, 0) is 11.2 Å². The van der Waals surface area contributed by atoms with Crippen LogP contribution >= 0.6 is 0 Å². The number of aliphatic imine (C=N–C) groups is 1. The van der Waals surface area contributed by atoms with E-state index in [1.54, 1.807) is 12.1 Å². The highest BCUT2D eigenvalue weighted by molar-refractivity contribution is 5.78. The Bertz CT molecular complexity index is 992. The number of amidine groups is 1. The van der Waals surface area contributed by atoms with E-state index >= 15 is 0 Å². The molecule has 5 heteroatoms. The van der Waals surface area contributed by atoms with E-state index < -0.39 is 0 Å². The summed E-state index contributed by atoms with van der Waals surface area (Å²) < 4.78 is 20.0. The molecule has 2 aromatic rings. The molecule has 2 fully saturated rings. The molecule has 2 aliphatic carbocycles. The first-order valence-corrected chi connectivity index (χ1v) is 11.2. The first-order chi connectivity index (χ1) is 14.6. The van der Waals surface area contributed by atoms with Crippen molar-refractivity contribution >= 4 is 6.02 Å². The van der Waals surface area contributed by atoms with E-state index in [1.165, 1.54) is 36.0 Å². The number of nitrogens with zero attached hydrogens (tertiary/aromatic N) is 2. The van der Waals surface area contributed by atoms with Gasteiger partial charge in [-0.1, -0.05) is 36.8 Å². The largest absolute Gasteiger partial charge is 0.456 e. The lowest BCUT2D eigenvalue weighted by Crippen LogP contribution is -2.55. The topological polar surface area (TPSA) is 50.8 Å². The van der Waals surface area contributed by atoms with Gasteiger partial charge in [-0.3, -0.25) is 0 Å². The lowest BCUT2D eigenvalue weighted by Gasteiger charge is -2.44. The summed E-state index contributed by atoms with van der Waals surface area (Å²) in [5.74, 6) is 0.515. The predicted octanol–water partition coefficient (Wildman–Crippen LogP) is 4.29. The van der Waals surface area contributed by atoms with Crippen molar-refractivity contribution < 1.29 is 9.13 Å².